The van der Waals surface area contributed by atoms with Crippen LogP contribution in [-0.2, 0) is 0 Å². The molecule has 0 saturated carbocycles. The van der Waals surface area contributed by atoms with Gasteiger partial charge in [0.2, 0.25) is 0 Å². The quantitative estimate of drug-likeness (QED) is 0.702. The van der Waals surface area contributed by atoms with Gasteiger partial charge in [0.15, 0.2) is 0 Å². The van der Waals surface area contributed by atoms with Gasteiger partial charge in [-0.3, -0.25) is 0 Å². The van der Waals surface area contributed by atoms with E-state index in [9.17, 15) is 5.11 Å². The molecule has 2 aromatic carbocycles. The van der Waals surface area contributed by atoms with Crippen LogP contribution in [0, 0.1) is 0 Å². The lowest BCUT2D eigenvalue weighted by atomic mass is 10.1. The lowest BCUT2D eigenvalue weighted by molar-refractivity contribution is 0.160. The smallest absolute Gasteiger partial charge is 0.127 e. The molecule has 0 amide bonds. The highest BCUT2D eigenvalue weighted by molar-refractivity contribution is 5.45. The predicted octanol–water partition coefficient (Wildman–Crippen LogP) is 2.12. The monoisotopic (exact) mass is 228 g/mol. The summed E-state index contributed by atoms with van der Waals surface area (Å²) < 4.78 is 0. The molecule has 0 spiro atoms. The van der Waals surface area contributed by atoms with Crippen LogP contribution >= 0.6 is 0 Å². The second-order valence-electron chi connectivity index (χ2n) is 3.89. The molecular weight excluding hydrogens is 212 g/mol. The summed E-state index contributed by atoms with van der Waals surface area (Å²) in [5.41, 5.74) is 7.51. The van der Waals surface area contributed by atoms with Crippen molar-refractivity contribution in [3.63, 3.8) is 0 Å². The van der Waals surface area contributed by atoms with E-state index < -0.39 is 6.23 Å². The molecule has 0 aliphatic rings. The van der Waals surface area contributed by atoms with E-state index in [4.69, 9.17) is 5.73 Å². The maximum Gasteiger partial charge on any atom is 0.127 e. The molecule has 2 aromatic rings. The van der Waals surface area contributed by atoms with E-state index in [1.807, 2.05) is 60.7 Å². The van der Waals surface area contributed by atoms with Crippen molar-refractivity contribution in [2.75, 3.05) is 5.32 Å². The molecule has 4 N–H and O–H groups in total. The van der Waals surface area contributed by atoms with Crippen LogP contribution in [0.3, 0.4) is 0 Å². The first-order chi connectivity index (χ1) is 8.27. The molecule has 0 bridgehead atoms. The molecule has 0 fully saturated rings. The third kappa shape index (κ3) is 3.06. The van der Waals surface area contributed by atoms with Gasteiger partial charge in [0.1, 0.15) is 6.23 Å². The minimum atomic E-state index is -0.947. The van der Waals surface area contributed by atoms with Gasteiger partial charge < -0.3 is 16.2 Å². The fraction of sp³-hybridized carbons (Fsp3) is 0.143. The van der Waals surface area contributed by atoms with Crippen molar-refractivity contribution in [2.24, 2.45) is 5.73 Å². The van der Waals surface area contributed by atoms with E-state index in [1.54, 1.807) is 0 Å². The summed E-state index contributed by atoms with van der Waals surface area (Å²) in [4.78, 5) is 0. The number of aliphatic hydroxyl groups is 1. The zero-order chi connectivity index (χ0) is 12.1. The first kappa shape index (κ1) is 11.6. The van der Waals surface area contributed by atoms with E-state index in [1.165, 1.54) is 0 Å². The highest BCUT2D eigenvalue weighted by Crippen LogP contribution is 2.20. The minimum absolute atomic E-state index is 0.307. The van der Waals surface area contributed by atoms with Gasteiger partial charge in [-0.1, -0.05) is 48.5 Å². The fourth-order valence-corrected chi connectivity index (χ4v) is 1.74. The van der Waals surface area contributed by atoms with Crippen LogP contribution in [0.25, 0.3) is 0 Å². The Morgan fingerprint density at radius 3 is 1.94 bits per heavy atom. The maximum atomic E-state index is 9.64. The van der Waals surface area contributed by atoms with Gasteiger partial charge in [-0.25, -0.2) is 0 Å². The normalized spacial score (nSPS) is 14.0. The third-order valence-electron chi connectivity index (χ3n) is 2.60. The standard InChI is InChI=1S/C14H16N2O/c15-14(17)13(11-7-3-1-4-8-11)16-12-9-5-2-6-10-12/h1-10,13-14,16-17H,15H2. The molecule has 2 rings (SSSR count). The van der Waals surface area contributed by atoms with Crippen molar-refractivity contribution in [3.8, 4) is 0 Å². The Kier molecular flexibility index (Phi) is 3.75. The van der Waals surface area contributed by atoms with Crippen LogP contribution in [0.5, 0.6) is 0 Å². The van der Waals surface area contributed by atoms with Crippen LogP contribution in [0.4, 0.5) is 5.69 Å². The molecule has 88 valence electrons. The van der Waals surface area contributed by atoms with Crippen molar-refractivity contribution in [1.29, 1.82) is 0 Å². The number of benzene rings is 2. The van der Waals surface area contributed by atoms with Crippen LogP contribution < -0.4 is 11.1 Å². The molecule has 0 saturated heterocycles. The van der Waals surface area contributed by atoms with E-state index in [2.05, 4.69) is 5.32 Å². The third-order valence-corrected chi connectivity index (χ3v) is 2.60. The summed E-state index contributed by atoms with van der Waals surface area (Å²) in [6.45, 7) is 0. The summed E-state index contributed by atoms with van der Waals surface area (Å²) in [6.07, 6.45) is -0.947. The molecule has 3 nitrogen and oxygen atoms in total. The number of hydrogen-bond donors (Lipinski definition) is 3. The zero-order valence-corrected chi connectivity index (χ0v) is 9.45. The number of hydrogen-bond acceptors (Lipinski definition) is 3. The molecule has 0 radical (unpaired) electrons. The van der Waals surface area contributed by atoms with Gasteiger partial charge in [0.25, 0.3) is 0 Å². The summed E-state index contributed by atoms with van der Waals surface area (Å²) >= 11 is 0. The lowest BCUT2D eigenvalue weighted by Crippen LogP contribution is -2.32. The van der Waals surface area contributed by atoms with Crippen LogP contribution in [0.15, 0.2) is 60.7 Å². The maximum absolute atomic E-state index is 9.64. The number of nitrogens with one attached hydrogen (secondary N) is 1. The van der Waals surface area contributed by atoms with Crippen molar-refractivity contribution >= 4 is 5.69 Å². The molecule has 2 atom stereocenters. The van der Waals surface area contributed by atoms with Crippen molar-refractivity contribution < 1.29 is 5.11 Å². The van der Waals surface area contributed by atoms with Crippen LogP contribution in [-0.4, -0.2) is 11.3 Å². The Balaban J connectivity index is 2.20. The molecule has 0 aromatic heterocycles. The molecular formula is C14H16N2O. The Morgan fingerprint density at radius 2 is 1.41 bits per heavy atom. The number of aliphatic hydroxyl groups excluding tert-OH is 1. The number of nitrogens with two attached hydrogens (primary N) is 1. The second kappa shape index (κ2) is 5.48. The fourth-order valence-electron chi connectivity index (χ4n) is 1.74. The summed E-state index contributed by atoms with van der Waals surface area (Å²) in [7, 11) is 0. The van der Waals surface area contributed by atoms with Gasteiger partial charge in [-0.05, 0) is 17.7 Å². The number of para-hydroxylation sites is 1. The van der Waals surface area contributed by atoms with E-state index in [0.29, 0.717) is 0 Å². The average molecular weight is 228 g/mol. The lowest BCUT2D eigenvalue weighted by Gasteiger charge is -2.22. The molecule has 3 heteroatoms. The first-order valence-corrected chi connectivity index (χ1v) is 5.57. The van der Waals surface area contributed by atoms with Gasteiger partial charge >= 0.3 is 0 Å². The molecule has 0 heterocycles. The zero-order valence-electron chi connectivity index (χ0n) is 9.45. The molecule has 2 unspecified atom stereocenters. The Morgan fingerprint density at radius 1 is 0.882 bits per heavy atom. The Hall–Kier alpha value is -1.84. The Bertz CT molecular complexity index is 442. The average Bonchev–Trinajstić information content (AvgIpc) is 2.38. The molecule has 17 heavy (non-hydrogen) atoms. The summed E-state index contributed by atoms with van der Waals surface area (Å²) in [6, 6.07) is 19.1. The van der Waals surface area contributed by atoms with Gasteiger partial charge in [0.05, 0.1) is 6.04 Å². The minimum Gasteiger partial charge on any atom is -0.376 e. The number of rotatable bonds is 4. The van der Waals surface area contributed by atoms with E-state index in [-0.39, 0.29) is 6.04 Å². The highest BCUT2D eigenvalue weighted by Gasteiger charge is 2.16. The predicted molar refractivity (Wildman–Crippen MR) is 69.4 cm³/mol. The van der Waals surface area contributed by atoms with Crippen molar-refractivity contribution in [2.45, 2.75) is 12.3 Å². The highest BCUT2D eigenvalue weighted by atomic mass is 16.3. The SMILES string of the molecule is NC(O)C(Nc1ccccc1)c1ccccc1. The van der Waals surface area contributed by atoms with Crippen LogP contribution in [0.1, 0.15) is 11.6 Å². The Labute approximate surface area is 101 Å². The molecule has 0 aliphatic carbocycles. The molecule has 0 aliphatic heterocycles. The number of anilines is 1. The van der Waals surface area contributed by atoms with Gasteiger partial charge in [-0.15, -0.1) is 0 Å². The summed E-state index contributed by atoms with van der Waals surface area (Å²) in [5.74, 6) is 0. The first-order valence-electron chi connectivity index (χ1n) is 5.57. The summed E-state index contributed by atoms with van der Waals surface area (Å²) in [5, 5.41) is 12.9. The van der Waals surface area contributed by atoms with Crippen LogP contribution in [0.2, 0.25) is 0 Å². The van der Waals surface area contributed by atoms with E-state index in [0.717, 1.165) is 11.3 Å². The van der Waals surface area contributed by atoms with Crippen molar-refractivity contribution in [3.05, 3.63) is 66.2 Å². The van der Waals surface area contributed by atoms with Gasteiger partial charge in [-0.2, -0.15) is 0 Å². The van der Waals surface area contributed by atoms with Crippen molar-refractivity contribution in [1.82, 2.24) is 0 Å². The van der Waals surface area contributed by atoms with E-state index >= 15 is 0 Å². The van der Waals surface area contributed by atoms with Gasteiger partial charge in [0, 0.05) is 5.69 Å². The topological polar surface area (TPSA) is 58.3 Å². The largest absolute Gasteiger partial charge is 0.376 e. The second-order valence-corrected chi connectivity index (χ2v) is 3.89.